The van der Waals surface area contributed by atoms with Gasteiger partial charge in [-0.15, -0.1) is 71.3 Å². The van der Waals surface area contributed by atoms with E-state index < -0.39 is 0 Å². The van der Waals surface area contributed by atoms with E-state index in [2.05, 4.69) is 274 Å². The molecule has 0 aliphatic carbocycles. The summed E-state index contributed by atoms with van der Waals surface area (Å²) in [6.45, 7) is 13.4. The first-order chi connectivity index (χ1) is 36.8. The quantitative estimate of drug-likeness (QED) is 0.128. The third kappa shape index (κ3) is 11.3. The molecule has 8 aromatic carbocycles. The number of hydrogen-bond donors (Lipinski definition) is 0. The Morgan fingerprint density at radius 3 is 1.10 bits per heavy atom. The second-order valence-electron chi connectivity index (χ2n) is 21.3. The van der Waals surface area contributed by atoms with E-state index in [1.54, 1.807) is 0 Å². The molecule has 0 amide bonds. The molecule has 0 atom stereocenters. The second kappa shape index (κ2) is 22.4. The van der Waals surface area contributed by atoms with Gasteiger partial charge in [-0.25, -0.2) is 0 Å². The molecule has 376 valence electrons. The van der Waals surface area contributed by atoms with E-state index in [9.17, 15) is 0 Å². The largest absolute Gasteiger partial charge is 3.00 e. The van der Waals surface area contributed by atoms with Gasteiger partial charge in [0.2, 0.25) is 0 Å². The monoisotopic (exact) mass is 1300 g/mol. The van der Waals surface area contributed by atoms with Gasteiger partial charge >= 0.3 is 20.1 Å². The van der Waals surface area contributed by atoms with Gasteiger partial charge in [0, 0.05) is 18.6 Å². The molecule has 0 aliphatic heterocycles. The molecule has 0 N–H and O–H groups in total. The summed E-state index contributed by atoms with van der Waals surface area (Å²) in [7, 11) is 0. The third-order valence-electron chi connectivity index (χ3n) is 14.1. The van der Waals surface area contributed by atoms with Crippen LogP contribution in [0.25, 0.3) is 112 Å². The van der Waals surface area contributed by atoms with Crippen molar-refractivity contribution >= 4 is 31.9 Å². The van der Waals surface area contributed by atoms with Crippen LogP contribution in [0.15, 0.2) is 228 Å². The van der Waals surface area contributed by atoms with E-state index in [-0.39, 0.29) is 30.9 Å². The first-order valence-electron chi connectivity index (χ1n) is 25.6. The van der Waals surface area contributed by atoms with Crippen LogP contribution in [0.1, 0.15) is 52.7 Å². The van der Waals surface area contributed by atoms with Crippen molar-refractivity contribution in [2.75, 3.05) is 0 Å². The van der Waals surface area contributed by atoms with Gasteiger partial charge in [-0.1, -0.05) is 249 Å². The van der Waals surface area contributed by atoms with Crippen molar-refractivity contribution in [3.8, 4) is 112 Å². The Labute approximate surface area is 484 Å². The van der Waals surface area contributed by atoms with Crippen LogP contribution in [0.4, 0.5) is 0 Å². The number of rotatable bonds is 10. The van der Waals surface area contributed by atoms with Gasteiger partial charge in [0.25, 0.3) is 0 Å². The van der Waals surface area contributed by atoms with Crippen molar-refractivity contribution in [2.24, 2.45) is 0 Å². The maximum absolute atomic E-state index is 4.78. The fraction of sp³-hybridized carbons (Fsp3) is 0.113. The molecule has 3 nitrogen and oxygen atoms in total. The predicted molar refractivity (Wildman–Crippen MR) is 323 cm³/mol. The van der Waals surface area contributed by atoms with E-state index in [1.807, 2.05) is 36.8 Å². The summed E-state index contributed by atoms with van der Waals surface area (Å²) in [4.78, 5) is 14.3. The van der Waals surface area contributed by atoms with Crippen molar-refractivity contribution < 1.29 is 20.1 Å². The second-order valence-corrected chi connectivity index (χ2v) is 23.0. The SMILES string of the molecule is CC(C)(C)c1ccnc(-c2[c-]cc(-c3ccccc3-c3cc(-c4ccccc4-c4c[c-]c(-c5cc(C(C)(C)C)ccn5)cc4Br)cc(-c4ccccc4-c4c[c-]c(-c5ccccn5)cc4-c4ccccc4)c3)c(Br)c2)c1.[Ir+3]. The Bertz CT molecular complexity index is 3760. The number of halogens is 2. The zero-order chi connectivity index (χ0) is 52.6. The van der Waals surface area contributed by atoms with E-state index in [0.717, 1.165) is 121 Å². The molecule has 0 spiro atoms. The summed E-state index contributed by atoms with van der Waals surface area (Å²) in [5.41, 5.74) is 23.1. The van der Waals surface area contributed by atoms with Crippen molar-refractivity contribution in [3.05, 3.63) is 257 Å². The minimum Gasteiger partial charge on any atom is -0.305 e. The minimum absolute atomic E-state index is 0. The summed E-state index contributed by atoms with van der Waals surface area (Å²) >= 11 is 8.08. The number of nitrogens with zero attached hydrogens (tertiary/aromatic N) is 3. The normalized spacial score (nSPS) is 11.5. The maximum atomic E-state index is 4.78. The van der Waals surface area contributed by atoms with Crippen LogP contribution in [0, 0.1) is 18.2 Å². The maximum Gasteiger partial charge on any atom is 3.00 e. The molecule has 3 aromatic heterocycles. The molecule has 11 aromatic rings. The van der Waals surface area contributed by atoms with Crippen molar-refractivity contribution in [1.29, 1.82) is 0 Å². The smallest absolute Gasteiger partial charge is 0.305 e. The fourth-order valence-electron chi connectivity index (χ4n) is 9.97. The first-order valence-corrected chi connectivity index (χ1v) is 27.2. The molecule has 11 rings (SSSR count). The minimum atomic E-state index is -0.00797. The molecule has 0 radical (unpaired) electrons. The molecule has 0 saturated carbocycles. The van der Waals surface area contributed by atoms with Gasteiger partial charge in [-0.3, -0.25) is 0 Å². The Morgan fingerprint density at radius 2 is 0.688 bits per heavy atom. The molecule has 6 heteroatoms. The molecule has 0 unspecified atom stereocenters. The van der Waals surface area contributed by atoms with Crippen LogP contribution >= 0.6 is 31.9 Å². The van der Waals surface area contributed by atoms with Crippen LogP contribution < -0.4 is 0 Å². The average Bonchev–Trinajstić information content (AvgIpc) is 3.45. The molecule has 0 fully saturated rings. The summed E-state index contributed by atoms with van der Waals surface area (Å²) in [6, 6.07) is 82.1. The van der Waals surface area contributed by atoms with E-state index in [4.69, 9.17) is 15.0 Å². The standard InChI is InChI=1S/C71H54Br2N3.Ir/c1-70(2,3)53-33-36-75-68(44-53)48-28-31-62(65(72)42-48)59-24-14-11-21-56(59)51-38-50(55-20-10-13-23-58(55)61-30-27-47(67-26-16-17-35-74-67)41-64(61)46-18-8-7-9-19-46)39-52(40-51)57-22-12-15-25-60(57)63-32-29-49(43-66(63)73)69-45-54(34-37-76-69)71(4,5)6;/h7-26,30-45H,1-6H3;/q-3;+3. The van der Waals surface area contributed by atoms with Crippen LogP contribution in [-0.2, 0) is 30.9 Å². The van der Waals surface area contributed by atoms with E-state index >= 15 is 0 Å². The number of hydrogen-bond acceptors (Lipinski definition) is 3. The summed E-state index contributed by atoms with van der Waals surface area (Å²) < 4.78 is 1.93. The van der Waals surface area contributed by atoms with Crippen LogP contribution in [0.3, 0.4) is 0 Å². The number of aromatic nitrogens is 3. The predicted octanol–water partition coefficient (Wildman–Crippen LogP) is 20.1. The Hall–Kier alpha value is -7.18. The number of pyridine rings is 3. The zero-order valence-corrected chi connectivity index (χ0v) is 49.3. The Balaban J connectivity index is 0.00000672. The molecule has 3 heterocycles. The van der Waals surface area contributed by atoms with Crippen LogP contribution in [0.5, 0.6) is 0 Å². The number of benzene rings is 8. The fourth-order valence-corrected chi connectivity index (χ4v) is 11.1. The summed E-state index contributed by atoms with van der Waals surface area (Å²) in [5.74, 6) is 0. The van der Waals surface area contributed by atoms with Gasteiger partial charge in [0.1, 0.15) is 0 Å². The van der Waals surface area contributed by atoms with Gasteiger partial charge < -0.3 is 15.0 Å². The Kier molecular flexibility index (Phi) is 15.5. The third-order valence-corrected chi connectivity index (χ3v) is 15.4. The van der Waals surface area contributed by atoms with Crippen molar-refractivity contribution in [1.82, 2.24) is 15.0 Å². The Morgan fingerprint density at radius 1 is 0.312 bits per heavy atom. The summed E-state index contributed by atoms with van der Waals surface area (Å²) in [5, 5.41) is 0. The molecular formula is C71H54Br2IrN3. The summed E-state index contributed by atoms with van der Waals surface area (Å²) in [6.07, 6.45) is 5.63. The molecule has 77 heavy (non-hydrogen) atoms. The molecule has 0 aliphatic rings. The van der Waals surface area contributed by atoms with Gasteiger partial charge in [0.15, 0.2) is 0 Å². The van der Waals surface area contributed by atoms with Crippen LogP contribution in [0.2, 0.25) is 0 Å². The van der Waals surface area contributed by atoms with Crippen LogP contribution in [-0.4, -0.2) is 15.0 Å². The first kappa shape index (κ1) is 53.2. The molecular weight excluding hydrogens is 1250 g/mol. The van der Waals surface area contributed by atoms with E-state index in [1.165, 1.54) is 11.1 Å². The topological polar surface area (TPSA) is 38.7 Å². The average molecular weight is 1300 g/mol. The van der Waals surface area contributed by atoms with Gasteiger partial charge in [-0.2, -0.15) is 0 Å². The van der Waals surface area contributed by atoms with Crippen molar-refractivity contribution in [3.63, 3.8) is 0 Å². The van der Waals surface area contributed by atoms with Crippen molar-refractivity contribution in [2.45, 2.75) is 52.4 Å². The molecule has 0 saturated heterocycles. The zero-order valence-electron chi connectivity index (χ0n) is 43.7. The van der Waals surface area contributed by atoms with E-state index in [0.29, 0.717) is 0 Å². The molecule has 0 bridgehead atoms. The van der Waals surface area contributed by atoms with Gasteiger partial charge in [0.05, 0.1) is 0 Å². The van der Waals surface area contributed by atoms with Gasteiger partial charge in [-0.05, 0) is 114 Å².